The molecule has 0 aromatic heterocycles. The maximum absolute atomic E-state index is 14.6. The summed E-state index contributed by atoms with van der Waals surface area (Å²) in [7, 11) is 0. The average Bonchev–Trinajstić information content (AvgIpc) is 2.59. The molecule has 0 aliphatic rings. The number of nitro groups is 1. The zero-order chi connectivity index (χ0) is 21.2. The van der Waals surface area contributed by atoms with Gasteiger partial charge < -0.3 is 14.6 Å². The zero-order valence-electron chi connectivity index (χ0n) is 15.1. The number of phenols is 1. The number of aromatic hydroxyl groups is 1. The first kappa shape index (κ1) is 21.0. The molecule has 0 saturated carbocycles. The van der Waals surface area contributed by atoms with Gasteiger partial charge in [-0.25, -0.2) is 18.0 Å². The van der Waals surface area contributed by atoms with Crippen LogP contribution in [0.15, 0.2) is 24.3 Å². The molecule has 0 bridgehead atoms. The Hall–Kier alpha value is -3.30. The zero-order valence-corrected chi connectivity index (χ0v) is 15.1. The van der Waals surface area contributed by atoms with E-state index in [1.54, 1.807) is 0 Å². The molecule has 0 radical (unpaired) electrons. The van der Waals surface area contributed by atoms with Gasteiger partial charge in [-0.2, -0.15) is 0 Å². The van der Waals surface area contributed by atoms with Gasteiger partial charge in [-0.05, 0) is 38.5 Å². The summed E-state index contributed by atoms with van der Waals surface area (Å²) < 4.78 is 53.3. The predicted molar refractivity (Wildman–Crippen MR) is 90.4 cm³/mol. The predicted octanol–water partition coefficient (Wildman–Crippen LogP) is 3.88. The van der Waals surface area contributed by atoms with Crippen LogP contribution in [0.5, 0.6) is 11.5 Å². The van der Waals surface area contributed by atoms with E-state index in [1.165, 1.54) is 6.92 Å². The van der Waals surface area contributed by atoms with Crippen LogP contribution in [0.3, 0.4) is 0 Å². The van der Waals surface area contributed by atoms with Crippen molar-refractivity contribution in [1.29, 1.82) is 0 Å². The number of nitro benzene ring substituents is 1. The van der Waals surface area contributed by atoms with Crippen LogP contribution >= 0.6 is 0 Å². The van der Waals surface area contributed by atoms with Crippen LogP contribution in [-0.2, 0) is 15.1 Å². The monoisotopic (exact) mass is 399 g/mol. The largest absolute Gasteiger partial charge is 0.508 e. The summed E-state index contributed by atoms with van der Waals surface area (Å²) in [5.41, 5.74) is -4.79. The van der Waals surface area contributed by atoms with Crippen molar-refractivity contribution in [1.82, 2.24) is 0 Å². The molecule has 28 heavy (non-hydrogen) atoms. The van der Waals surface area contributed by atoms with E-state index < -0.39 is 56.7 Å². The Kier molecular flexibility index (Phi) is 5.81. The summed E-state index contributed by atoms with van der Waals surface area (Å²) in [6.07, 6.45) is 0. The highest BCUT2D eigenvalue weighted by molar-refractivity contribution is 5.82. The molecular weight excluding hydrogens is 383 g/mol. The minimum Gasteiger partial charge on any atom is -0.508 e. The first-order valence-corrected chi connectivity index (χ1v) is 8.01. The molecule has 150 valence electrons. The quantitative estimate of drug-likeness (QED) is 0.343. The summed E-state index contributed by atoms with van der Waals surface area (Å²) in [5.74, 6) is -6.87. The lowest BCUT2D eigenvalue weighted by Gasteiger charge is -2.29. The maximum atomic E-state index is 14.6. The number of aryl methyl sites for hydroxylation is 1. The number of carbonyl (C=O) groups excluding carboxylic acids is 1. The van der Waals surface area contributed by atoms with Crippen molar-refractivity contribution in [2.75, 3.05) is 6.61 Å². The number of esters is 1. The number of benzene rings is 2. The molecule has 0 aliphatic carbocycles. The Labute approximate surface area is 157 Å². The summed E-state index contributed by atoms with van der Waals surface area (Å²) in [6, 6.07) is 3.31. The van der Waals surface area contributed by atoms with Crippen LogP contribution < -0.4 is 4.74 Å². The number of phenolic OH excluding ortho intramolecular Hbond substituents is 1. The maximum Gasteiger partial charge on any atom is 0.355 e. The highest BCUT2D eigenvalue weighted by Crippen LogP contribution is 2.39. The molecule has 0 spiro atoms. The van der Waals surface area contributed by atoms with Crippen molar-refractivity contribution in [3.8, 4) is 11.5 Å². The minimum absolute atomic E-state index is 0.211. The van der Waals surface area contributed by atoms with E-state index in [4.69, 9.17) is 9.47 Å². The molecule has 1 N–H and O–H groups in total. The molecular formula is C18H16F3NO6. The van der Waals surface area contributed by atoms with Crippen molar-refractivity contribution in [3.05, 3.63) is 63.0 Å². The SMILES string of the molecule is CCOC(=O)C(C)(Oc1cc(O)ccc1[N+](=O)[O-])c1c(F)cc(C)c(F)c1F. The van der Waals surface area contributed by atoms with Crippen LogP contribution in [0, 0.1) is 34.5 Å². The molecule has 0 fully saturated rings. The molecule has 10 heteroatoms. The smallest absolute Gasteiger partial charge is 0.355 e. The van der Waals surface area contributed by atoms with Crippen LogP contribution in [0.2, 0.25) is 0 Å². The second kappa shape index (κ2) is 7.75. The topological polar surface area (TPSA) is 98.9 Å². The number of rotatable bonds is 6. The van der Waals surface area contributed by atoms with Gasteiger partial charge in [0.05, 0.1) is 17.1 Å². The molecule has 0 aliphatic heterocycles. The first-order valence-electron chi connectivity index (χ1n) is 8.01. The average molecular weight is 399 g/mol. The van der Waals surface area contributed by atoms with Crippen LogP contribution in [0.25, 0.3) is 0 Å². The second-order valence-electron chi connectivity index (χ2n) is 5.94. The number of ether oxygens (including phenoxy) is 2. The third-order valence-electron chi connectivity index (χ3n) is 3.94. The lowest BCUT2D eigenvalue weighted by molar-refractivity contribution is -0.386. The van der Waals surface area contributed by atoms with E-state index >= 15 is 0 Å². The highest BCUT2D eigenvalue weighted by atomic mass is 19.2. The van der Waals surface area contributed by atoms with E-state index in [0.717, 1.165) is 32.0 Å². The Morgan fingerprint density at radius 1 is 1.25 bits per heavy atom. The van der Waals surface area contributed by atoms with Crippen LogP contribution in [-0.4, -0.2) is 22.6 Å². The number of hydrogen-bond acceptors (Lipinski definition) is 6. The number of carbonyl (C=O) groups is 1. The van der Waals surface area contributed by atoms with E-state index in [1.807, 2.05) is 0 Å². The first-order chi connectivity index (χ1) is 13.0. The van der Waals surface area contributed by atoms with Gasteiger partial charge in [-0.1, -0.05) is 0 Å². The van der Waals surface area contributed by atoms with E-state index in [9.17, 15) is 33.2 Å². The third-order valence-corrected chi connectivity index (χ3v) is 3.94. The fourth-order valence-corrected chi connectivity index (χ4v) is 2.57. The summed E-state index contributed by atoms with van der Waals surface area (Å²) in [6.45, 7) is 3.21. The van der Waals surface area contributed by atoms with Crippen LogP contribution in [0.1, 0.15) is 25.0 Å². The van der Waals surface area contributed by atoms with Crippen molar-refractivity contribution >= 4 is 11.7 Å². The Bertz CT molecular complexity index is 949. The Morgan fingerprint density at radius 3 is 2.46 bits per heavy atom. The lowest BCUT2D eigenvalue weighted by atomic mass is 9.92. The van der Waals surface area contributed by atoms with Gasteiger partial charge in [0.15, 0.2) is 11.6 Å². The second-order valence-corrected chi connectivity index (χ2v) is 5.94. The third kappa shape index (κ3) is 3.71. The summed E-state index contributed by atoms with van der Waals surface area (Å²) in [4.78, 5) is 22.8. The standard InChI is InChI=1S/C18H16F3NO6/c1-4-27-17(24)18(3,14-11(19)7-9(2)15(20)16(14)21)28-13-8-10(23)5-6-12(13)22(25)26/h5-8,23H,4H2,1-3H3. The molecule has 7 nitrogen and oxygen atoms in total. The summed E-state index contributed by atoms with van der Waals surface area (Å²) >= 11 is 0. The van der Waals surface area contributed by atoms with Gasteiger partial charge in [0.25, 0.3) is 0 Å². The van der Waals surface area contributed by atoms with Crippen molar-refractivity contribution < 1.29 is 37.5 Å². The van der Waals surface area contributed by atoms with Crippen LogP contribution in [0.4, 0.5) is 18.9 Å². The minimum atomic E-state index is -2.63. The van der Waals surface area contributed by atoms with Gasteiger partial charge in [0.2, 0.25) is 11.4 Å². The van der Waals surface area contributed by atoms with Gasteiger partial charge in [0.1, 0.15) is 11.6 Å². The Balaban J connectivity index is 2.75. The van der Waals surface area contributed by atoms with E-state index in [-0.39, 0.29) is 12.2 Å². The molecule has 0 amide bonds. The van der Waals surface area contributed by atoms with Gasteiger partial charge in [-0.15, -0.1) is 0 Å². The van der Waals surface area contributed by atoms with E-state index in [2.05, 4.69) is 0 Å². The molecule has 2 rings (SSSR count). The van der Waals surface area contributed by atoms with Crippen molar-refractivity contribution in [3.63, 3.8) is 0 Å². The molecule has 1 atom stereocenters. The number of nitrogens with zero attached hydrogens (tertiary/aromatic N) is 1. The molecule has 1 unspecified atom stereocenters. The highest BCUT2D eigenvalue weighted by Gasteiger charge is 2.46. The lowest BCUT2D eigenvalue weighted by Crippen LogP contribution is -2.42. The normalized spacial score (nSPS) is 12.9. The van der Waals surface area contributed by atoms with Crippen molar-refractivity contribution in [2.24, 2.45) is 0 Å². The van der Waals surface area contributed by atoms with Crippen molar-refractivity contribution in [2.45, 2.75) is 26.4 Å². The molecule has 2 aromatic carbocycles. The fourth-order valence-electron chi connectivity index (χ4n) is 2.57. The molecule has 0 heterocycles. The van der Waals surface area contributed by atoms with Gasteiger partial charge in [0, 0.05) is 12.1 Å². The van der Waals surface area contributed by atoms with Gasteiger partial charge in [-0.3, -0.25) is 10.1 Å². The molecule has 0 saturated heterocycles. The summed E-state index contributed by atoms with van der Waals surface area (Å²) in [5, 5.41) is 20.8. The Morgan fingerprint density at radius 2 is 1.89 bits per heavy atom. The van der Waals surface area contributed by atoms with Gasteiger partial charge >= 0.3 is 11.7 Å². The fraction of sp³-hybridized carbons (Fsp3) is 0.278. The number of hydrogen-bond donors (Lipinski definition) is 1. The molecule has 2 aromatic rings. The van der Waals surface area contributed by atoms with E-state index in [0.29, 0.717) is 6.07 Å². The number of halogens is 3.